The van der Waals surface area contributed by atoms with Gasteiger partial charge in [0, 0.05) is 0 Å². The third kappa shape index (κ3) is 2.91. The van der Waals surface area contributed by atoms with Gasteiger partial charge in [-0.05, 0) is 61.1 Å². The fraction of sp³-hybridized carbons (Fsp3) is 0.444. The molecular formula is C18H24O. The van der Waals surface area contributed by atoms with Gasteiger partial charge in [-0.3, -0.25) is 0 Å². The highest BCUT2D eigenvalue weighted by atomic mass is 16.3. The fourth-order valence-corrected chi connectivity index (χ4v) is 3.28. The van der Waals surface area contributed by atoms with Gasteiger partial charge in [-0.25, -0.2) is 0 Å². The Morgan fingerprint density at radius 2 is 2.00 bits per heavy atom. The highest BCUT2D eigenvalue weighted by molar-refractivity contribution is 5.31. The summed E-state index contributed by atoms with van der Waals surface area (Å²) in [6.45, 7) is 12.6. The zero-order valence-corrected chi connectivity index (χ0v) is 12.0. The molecule has 1 aliphatic carbocycles. The van der Waals surface area contributed by atoms with E-state index < -0.39 is 0 Å². The largest absolute Gasteiger partial charge is 0.508 e. The molecule has 0 bridgehead atoms. The van der Waals surface area contributed by atoms with Crippen LogP contribution in [0.4, 0.5) is 0 Å². The first-order valence-electron chi connectivity index (χ1n) is 7.03. The molecule has 1 nitrogen and oxygen atoms in total. The molecule has 1 aliphatic rings. The molecule has 0 amide bonds. The van der Waals surface area contributed by atoms with Crippen molar-refractivity contribution in [3.8, 4) is 5.75 Å². The van der Waals surface area contributed by atoms with E-state index in [0.29, 0.717) is 17.6 Å². The Labute approximate surface area is 116 Å². The van der Waals surface area contributed by atoms with Gasteiger partial charge in [0.1, 0.15) is 5.75 Å². The van der Waals surface area contributed by atoms with Gasteiger partial charge in [0.05, 0.1) is 0 Å². The molecule has 0 unspecified atom stereocenters. The van der Waals surface area contributed by atoms with E-state index in [2.05, 4.69) is 33.1 Å². The van der Waals surface area contributed by atoms with E-state index in [9.17, 15) is 5.11 Å². The van der Waals surface area contributed by atoms with Crippen LogP contribution in [0.15, 0.2) is 49.1 Å². The lowest BCUT2D eigenvalue weighted by molar-refractivity contribution is 0.210. The van der Waals surface area contributed by atoms with Crippen molar-refractivity contribution >= 4 is 0 Å². The minimum Gasteiger partial charge on any atom is -0.508 e. The van der Waals surface area contributed by atoms with Crippen LogP contribution in [0.3, 0.4) is 0 Å². The summed E-state index contributed by atoms with van der Waals surface area (Å²) in [5, 5.41) is 9.45. The normalized spacial score (nSPS) is 30.8. The number of allylic oxidation sites excluding steroid dienone is 2. The van der Waals surface area contributed by atoms with Gasteiger partial charge in [0.2, 0.25) is 0 Å². The van der Waals surface area contributed by atoms with Gasteiger partial charge in [-0.2, -0.15) is 0 Å². The summed E-state index contributed by atoms with van der Waals surface area (Å²) in [4.78, 5) is 0. The third-order valence-corrected chi connectivity index (χ3v) is 4.65. The van der Waals surface area contributed by atoms with Crippen LogP contribution < -0.4 is 0 Å². The van der Waals surface area contributed by atoms with Gasteiger partial charge in [0.15, 0.2) is 0 Å². The van der Waals surface area contributed by atoms with Crippen LogP contribution in [0, 0.1) is 11.3 Å². The van der Waals surface area contributed by atoms with Crippen molar-refractivity contribution in [2.24, 2.45) is 11.3 Å². The predicted molar refractivity (Wildman–Crippen MR) is 81.3 cm³/mol. The summed E-state index contributed by atoms with van der Waals surface area (Å²) in [5.74, 6) is 1.35. The first-order valence-corrected chi connectivity index (χ1v) is 7.03. The molecule has 0 aromatic heterocycles. The highest BCUT2D eigenvalue weighted by Gasteiger charge is 2.36. The smallest absolute Gasteiger partial charge is 0.115 e. The summed E-state index contributed by atoms with van der Waals surface area (Å²) >= 11 is 0. The molecule has 102 valence electrons. The van der Waals surface area contributed by atoms with Crippen LogP contribution in [-0.4, -0.2) is 5.11 Å². The lowest BCUT2D eigenvalue weighted by Crippen LogP contribution is -2.29. The van der Waals surface area contributed by atoms with E-state index in [-0.39, 0.29) is 5.41 Å². The second-order valence-corrected chi connectivity index (χ2v) is 6.25. The average Bonchev–Trinajstić information content (AvgIpc) is 2.39. The summed E-state index contributed by atoms with van der Waals surface area (Å²) in [5.41, 5.74) is 2.79. The highest BCUT2D eigenvalue weighted by Crippen LogP contribution is 2.49. The number of rotatable bonds is 3. The molecule has 2 rings (SSSR count). The van der Waals surface area contributed by atoms with E-state index in [4.69, 9.17) is 0 Å². The van der Waals surface area contributed by atoms with Gasteiger partial charge in [0.25, 0.3) is 0 Å². The molecule has 1 aromatic carbocycles. The first kappa shape index (κ1) is 13.9. The second kappa shape index (κ2) is 5.24. The summed E-state index contributed by atoms with van der Waals surface area (Å²) in [6, 6.07) is 7.66. The van der Waals surface area contributed by atoms with E-state index in [1.54, 1.807) is 12.1 Å². The molecule has 1 N–H and O–H groups in total. The molecular weight excluding hydrogens is 232 g/mol. The maximum Gasteiger partial charge on any atom is 0.115 e. The van der Waals surface area contributed by atoms with Crippen molar-refractivity contribution < 1.29 is 5.11 Å². The second-order valence-electron chi connectivity index (χ2n) is 6.25. The molecule has 1 fully saturated rings. The number of aromatic hydroxyl groups is 1. The van der Waals surface area contributed by atoms with Crippen LogP contribution in [-0.2, 0) is 0 Å². The molecule has 0 saturated heterocycles. The lowest BCUT2D eigenvalue weighted by Gasteiger charge is -2.42. The number of hydrogen-bond donors (Lipinski definition) is 1. The zero-order chi connectivity index (χ0) is 14.0. The van der Waals surface area contributed by atoms with Crippen LogP contribution in [0.1, 0.15) is 44.6 Å². The van der Waals surface area contributed by atoms with Crippen LogP contribution >= 0.6 is 0 Å². The fourth-order valence-electron chi connectivity index (χ4n) is 3.28. The first-order chi connectivity index (χ1) is 8.95. The quantitative estimate of drug-likeness (QED) is 0.751. The van der Waals surface area contributed by atoms with E-state index in [1.807, 2.05) is 12.1 Å². The standard InChI is InChI=1S/C18H24O/c1-5-18(4)11-10-16(13(2)3)17(12-18)14-6-8-15(19)9-7-14/h5-9,16-17,19H,1-2,10-12H2,3-4H3/t16-,17-,18+/m0/s1. The summed E-state index contributed by atoms with van der Waals surface area (Å²) in [7, 11) is 0. The monoisotopic (exact) mass is 256 g/mol. The Balaban J connectivity index is 2.32. The molecule has 1 heteroatoms. The van der Waals surface area contributed by atoms with Crippen LogP contribution in [0.2, 0.25) is 0 Å². The summed E-state index contributed by atoms with van der Waals surface area (Å²) in [6.07, 6.45) is 5.57. The van der Waals surface area contributed by atoms with E-state index in [1.165, 1.54) is 24.0 Å². The molecule has 3 atom stereocenters. The predicted octanol–water partition coefficient (Wildman–Crippen LogP) is 5.04. The lowest BCUT2D eigenvalue weighted by atomic mass is 9.63. The Kier molecular flexibility index (Phi) is 3.84. The van der Waals surface area contributed by atoms with E-state index >= 15 is 0 Å². The Hall–Kier alpha value is -1.50. The molecule has 0 radical (unpaired) electrons. The third-order valence-electron chi connectivity index (χ3n) is 4.65. The summed E-state index contributed by atoms with van der Waals surface area (Å²) < 4.78 is 0. The van der Waals surface area contributed by atoms with Crippen molar-refractivity contribution in [2.75, 3.05) is 0 Å². The van der Waals surface area contributed by atoms with Gasteiger partial charge in [-0.1, -0.05) is 37.3 Å². The topological polar surface area (TPSA) is 20.2 Å². The van der Waals surface area contributed by atoms with Gasteiger partial charge < -0.3 is 5.11 Å². The molecule has 0 aliphatic heterocycles. The molecule has 1 aromatic rings. The molecule has 1 saturated carbocycles. The van der Waals surface area contributed by atoms with Crippen molar-refractivity contribution in [1.29, 1.82) is 0 Å². The molecule has 0 heterocycles. The average molecular weight is 256 g/mol. The van der Waals surface area contributed by atoms with Gasteiger partial charge >= 0.3 is 0 Å². The number of benzene rings is 1. The van der Waals surface area contributed by atoms with Crippen molar-refractivity contribution in [3.63, 3.8) is 0 Å². The minimum absolute atomic E-state index is 0.217. The number of phenolic OH excluding ortho intramolecular Hbond substituents is 1. The van der Waals surface area contributed by atoms with Gasteiger partial charge in [-0.15, -0.1) is 6.58 Å². The number of phenols is 1. The number of hydrogen-bond acceptors (Lipinski definition) is 1. The zero-order valence-electron chi connectivity index (χ0n) is 12.0. The van der Waals surface area contributed by atoms with Crippen molar-refractivity contribution in [3.05, 3.63) is 54.6 Å². The molecule has 19 heavy (non-hydrogen) atoms. The maximum absolute atomic E-state index is 9.45. The molecule has 0 spiro atoms. The van der Waals surface area contributed by atoms with Crippen molar-refractivity contribution in [1.82, 2.24) is 0 Å². The SMILES string of the molecule is C=C[C@]1(C)CC[C@@H](C(=C)C)[C@H](c2ccc(O)cc2)C1. The van der Waals surface area contributed by atoms with Crippen LogP contribution in [0.25, 0.3) is 0 Å². The maximum atomic E-state index is 9.45. The van der Waals surface area contributed by atoms with E-state index in [0.717, 1.165) is 6.42 Å². The van der Waals surface area contributed by atoms with Crippen LogP contribution in [0.5, 0.6) is 5.75 Å². The minimum atomic E-state index is 0.217. The Morgan fingerprint density at radius 3 is 2.53 bits per heavy atom. The Bertz CT molecular complexity index is 471. The van der Waals surface area contributed by atoms with Crippen molar-refractivity contribution in [2.45, 2.75) is 39.0 Å². The Morgan fingerprint density at radius 1 is 1.37 bits per heavy atom.